The van der Waals surface area contributed by atoms with Crippen molar-refractivity contribution in [2.45, 2.75) is 26.7 Å². The smallest absolute Gasteiger partial charge is 0.336 e. The summed E-state index contributed by atoms with van der Waals surface area (Å²) in [4.78, 5) is 11.6. The molecule has 0 bridgehead atoms. The highest BCUT2D eigenvalue weighted by Crippen LogP contribution is 2.38. The van der Waals surface area contributed by atoms with Crippen molar-refractivity contribution in [1.29, 1.82) is 0 Å². The third-order valence-electron chi connectivity index (χ3n) is 3.74. The maximum atomic E-state index is 11.6. The molecular formula is C17H18O4. The van der Waals surface area contributed by atoms with Gasteiger partial charge in [-0.3, -0.25) is 0 Å². The maximum absolute atomic E-state index is 11.6. The number of furan rings is 1. The molecule has 21 heavy (non-hydrogen) atoms. The van der Waals surface area contributed by atoms with Crippen molar-refractivity contribution in [3.63, 3.8) is 0 Å². The third-order valence-corrected chi connectivity index (χ3v) is 3.74. The number of aryl methyl sites for hydroxylation is 1. The molecule has 0 fully saturated rings. The van der Waals surface area contributed by atoms with Crippen LogP contribution in [0.2, 0.25) is 0 Å². The van der Waals surface area contributed by atoms with Crippen molar-refractivity contribution >= 4 is 21.9 Å². The first-order valence-electron chi connectivity index (χ1n) is 7.11. The molecule has 4 heteroatoms. The standard InChI is InChI=1S/C17H18O4/c1-10(2)4-5-11-12-6-7-14(18)21-16(12)17(19-3)15-13(11)8-9-20-15/h6-10H,4-5H2,1-3H3. The second-order valence-corrected chi connectivity index (χ2v) is 5.60. The lowest BCUT2D eigenvalue weighted by Crippen LogP contribution is -2.00. The minimum Gasteiger partial charge on any atom is -0.490 e. The van der Waals surface area contributed by atoms with Crippen molar-refractivity contribution in [3.8, 4) is 5.75 Å². The highest BCUT2D eigenvalue weighted by atomic mass is 16.5. The van der Waals surface area contributed by atoms with Crippen LogP contribution < -0.4 is 10.4 Å². The van der Waals surface area contributed by atoms with Gasteiger partial charge in [-0.2, -0.15) is 0 Å². The molecule has 0 radical (unpaired) electrons. The lowest BCUT2D eigenvalue weighted by molar-refractivity contribution is 0.402. The van der Waals surface area contributed by atoms with Crippen LogP contribution >= 0.6 is 0 Å². The summed E-state index contributed by atoms with van der Waals surface area (Å²) in [7, 11) is 1.55. The van der Waals surface area contributed by atoms with Crippen LogP contribution in [0.4, 0.5) is 0 Å². The Hall–Kier alpha value is -2.23. The van der Waals surface area contributed by atoms with Crippen molar-refractivity contribution in [2.24, 2.45) is 5.92 Å². The van der Waals surface area contributed by atoms with Crippen LogP contribution in [-0.2, 0) is 6.42 Å². The Balaban J connectivity index is 2.36. The number of rotatable bonds is 4. The Kier molecular flexibility index (Phi) is 3.45. The fourth-order valence-corrected chi connectivity index (χ4v) is 2.68. The molecule has 4 nitrogen and oxygen atoms in total. The van der Waals surface area contributed by atoms with E-state index in [2.05, 4.69) is 13.8 Å². The molecule has 3 rings (SSSR count). The Labute approximate surface area is 122 Å². The predicted octanol–water partition coefficient (Wildman–Crippen LogP) is 4.14. The van der Waals surface area contributed by atoms with Crippen molar-refractivity contribution in [2.75, 3.05) is 7.11 Å². The minimum absolute atomic E-state index is 0.387. The summed E-state index contributed by atoms with van der Waals surface area (Å²) in [6, 6.07) is 5.20. The van der Waals surface area contributed by atoms with Gasteiger partial charge in [0.25, 0.3) is 0 Å². The summed E-state index contributed by atoms with van der Waals surface area (Å²) >= 11 is 0. The SMILES string of the molecule is COc1c2occc2c(CCC(C)C)c2ccc(=O)oc12. The van der Waals surface area contributed by atoms with Crippen LogP contribution in [0.1, 0.15) is 25.8 Å². The molecule has 0 saturated heterocycles. The summed E-state index contributed by atoms with van der Waals surface area (Å²) in [6.07, 6.45) is 3.60. The van der Waals surface area contributed by atoms with E-state index in [4.69, 9.17) is 13.6 Å². The largest absolute Gasteiger partial charge is 0.490 e. The summed E-state index contributed by atoms with van der Waals surface area (Å²) in [5, 5.41) is 1.94. The summed E-state index contributed by atoms with van der Waals surface area (Å²) in [6.45, 7) is 4.39. The zero-order valence-electron chi connectivity index (χ0n) is 12.4. The first-order valence-corrected chi connectivity index (χ1v) is 7.11. The average molecular weight is 286 g/mol. The Morgan fingerprint density at radius 1 is 1.14 bits per heavy atom. The van der Waals surface area contributed by atoms with Crippen molar-refractivity contribution < 1.29 is 13.6 Å². The summed E-state index contributed by atoms with van der Waals surface area (Å²) in [5.74, 6) is 1.08. The van der Waals surface area contributed by atoms with Crippen molar-refractivity contribution in [1.82, 2.24) is 0 Å². The van der Waals surface area contributed by atoms with E-state index in [1.54, 1.807) is 13.4 Å². The van der Waals surface area contributed by atoms with E-state index >= 15 is 0 Å². The van der Waals surface area contributed by atoms with Gasteiger partial charge in [-0.15, -0.1) is 0 Å². The van der Waals surface area contributed by atoms with Gasteiger partial charge < -0.3 is 13.6 Å². The molecule has 0 spiro atoms. The van der Waals surface area contributed by atoms with E-state index < -0.39 is 0 Å². The molecule has 0 saturated carbocycles. The molecule has 2 aromatic heterocycles. The summed E-state index contributed by atoms with van der Waals surface area (Å²) in [5.41, 5.74) is 1.86. The van der Waals surface area contributed by atoms with Gasteiger partial charge in [0, 0.05) is 16.8 Å². The fourth-order valence-electron chi connectivity index (χ4n) is 2.68. The van der Waals surface area contributed by atoms with E-state index in [1.165, 1.54) is 6.07 Å². The predicted molar refractivity (Wildman–Crippen MR) is 82.0 cm³/mol. The van der Waals surface area contributed by atoms with E-state index in [0.29, 0.717) is 22.8 Å². The lowest BCUT2D eigenvalue weighted by atomic mass is 9.96. The molecular weight excluding hydrogens is 268 g/mol. The van der Waals surface area contributed by atoms with Gasteiger partial charge in [-0.25, -0.2) is 4.79 Å². The zero-order chi connectivity index (χ0) is 15.0. The van der Waals surface area contributed by atoms with Crippen LogP contribution in [0, 0.1) is 5.92 Å². The number of benzene rings is 1. The molecule has 0 aliphatic heterocycles. The van der Waals surface area contributed by atoms with Gasteiger partial charge >= 0.3 is 5.63 Å². The van der Waals surface area contributed by atoms with Gasteiger partial charge in [0.05, 0.1) is 13.4 Å². The molecule has 2 heterocycles. The van der Waals surface area contributed by atoms with Crippen LogP contribution in [0.15, 0.2) is 38.1 Å². The quantitative estimate of drug-likeness (QED) is 0.676. The van der Waals surface area contributed by atoms with Crippen LogP contribution in [0.3, 0.4) is 0 Å². The minimum atomic E-state index is -0.387. The molecule has 0 atom stereocenters. The lowest BCUT2D eigenvalue weighted by Gasteiger charge is -2.12. The Bertz CT molecular complexity index is 839. The average Bonchev–Trinajstić information content (AvgIpc) is 2.92. The fraction of sp³-hybridized carbons (Fsp3) is 0.353. The molecule has 110 valence electrons. The molecule has 0 aliphatic rings. The number of hydrogen-bond donors (Lipinski definition) is 0. The number of hydrogen-bond acceptors (Lipinski definition) is 4. The zero-order valence-corrected chi connectivity index (χ0v) is 12.4. The summed E-state index contributed by atoms with van der Waals surface area (Å²) < 4.78 is 16.3. The monoisotopic (exact) mass is 286 g/mol. The van der Waals surface area contributed by atoms with E-state index in [-0.39, 0.29) is 5.63 Å². The molecule has 0 amide bonds. The molecule has 0 aliphatic carbocycles. The Morgan fingerprint density at radius 2 is 1.90 bits per heavy atom. The number of methoxy groups -OCH3 is 1. The van der Waals surface area contributed by atoms with Gasteiger partial charge in [0.2, 0.25) is 5.75 Å². The topological polar surface area (TPSA) is 52.6 Å². The maximum Gasteiger partial charge on any atom is 0.336 e. The molecule has 0 unspecified atom stereocenters. The van der Waals surface area contributed by atoms with Crippen LogP contribution in [0.5, 0.6) is 5.75 Å². The van der Waals surface area contributed by atoms with Crippen LogP contribution in [0.25, 0.3) is 21.9 Å². The number of ether oxygens (including phenoxy) is 1. The van der Waals surface area contributed by atoms with E-state index in [0.717, 1.165) is 29.2 Å². The first-order chi connectivity index (χ1) is 10.1. The van der Waals surface area contributed by atoms with Gasteiger partial charge in [0.1, 0.15) is 0 Å². The van der Waals surface area contributed by atoms with Gasteiger partial charge in [-0.1, -0.05) is 13.8 Å². The van der Waals surface area contributed by atoms with Crippen molar-refractivity contribution in [3.05, 3.63) is 40.4 Å². The van der Waals surface area contributed by atoms with E-state index in [1.807, 2.05) is 12.1 Å². The van der Waals surface area contributed by atoms with Gasteiger partial charge in [-0.05, 0) is 36.5 Å². The molecule has 0 N–H and O–H groups in total. The van der Waals surface area contributed by atoms with Gasteiger partial charge in [0.15, 0.2) is 11.2 Å². The molecule has 3 aromatic rings. The number of fused-ring (bicyclic) bond motifs is 2. The second-order valence-electron chi connectivity index (χ2n) is 5.60. The van der Waals surface area contributed by atoms with Crippen LogP contribution in [-0.4, -0.2) is 7.11 Å². The Morgan fingerprint density at radius 3 is 2.62 bits per heavy atom. The highest BCUT2D eigenvalue weighted by molar-refractivity contribution is 6.03. The molecule has 1 aromatic carbocycles. The highest BCUT2D eigenvalue weighted by Gasteiger charge is 2.19. The third kappa shape index (κ3) is 2.31. The second kappa shape index (κ2) is 5.28. The van der Waals surface area contributed by atoms with E-state index in [9.17, 15) is 4.79 Å². The first kappa shape index (κ1) is 13.7. The normalized spacial score (nSPS) is 11.6.